The van der Waals surface area contributed by atoms with Gasteiger partial charge in [0, 0.05) is 16.5 Å². The molecule has 5 aromatic rings. The number of aryl methyl sites for hydroxylation is 4. The van der Waals surface area contributed by atoms with Crippen molar-refractivity contribution in [1.82, 2.24) is 30.3 Å². The maximum absolute atomic E-state index is 5.73. The van der Waals surface area contributed by atoms with Crippen molar-refractivity contribution in [2.24, 2.45) is 0 Å². The maximum Gasteiger partial charge on any atom is 0.144 e. The number of rotatable bonds is 4. The standard InChI is InChI=1S/C21H21N7O2/c1-9-16(8-22-27-9)26-21-19-13-7-17(29-5)14(18-10(2)28-30-11(18)3)6-15(13)25-20(19)23-12(4)24-21/h6-8H,1-5H3,(H,22,27)(H2,23,24,25,26). The molecule has 30 heavy (non-hydrogen) atoms. The van der Waals surface area contributed by atoms with Crippen LogP contribution >= 0.6 is 0 Å². The van der Waals surface area contributed by atoms with Crippen molar-refractivity contribution in [3.63, 3.8) is 0 Å². The van der Waals surface area contributed by atoms with E-state index in [-0.39, 0.29) is 0 Å². The number of anilines is 2. The van der Waals surface area contributed by atoms with Crippen LogP contribution in [-0.2, 0) is 0 Å². The quantitative estimate of drug-likeness (QED) is 0.405. The third-order valence-corrected chi connectivity index (χ3v) is 5.27. The highest BCUT2D eigenvalue weighted by molar-refractivity contribution is 6.13. The second-order valence-electron chi connectivity index (χ2n) is 7.30. The van der Waals surface area contributed by atoms with Crippen molar-refractivity contribution in [1.29, 1.82) is 0 Å². The van der Waals surface area contributed by atoms with Crippen molar-refractivity contribution in [3.8, 4) is 16.9 Å². The summed E-state index contributed by atoms with van der Waals surface area (Å²) in [6.07, 6.45) is 1.74. The summed E-state index contributed by atoms with van der Waals surface area (Å²) in [5.74, 6) is 2.84. The van der Waals surface area contributed by atoms with Crippen LogP contribution in [0.3, 0.4) is 0 Å². The number of hydrogen-bond donors (Lipinski definition) is 3. The summed E-state index contributed by atoms with van der Waals surface area (Å²) in [6, 6.07) is 4.05. The average Bonchev–Trinajstić information content (AvgIpc) is 3.37. The van der Waals surface area contributed by atoms with Crippen molar-refractivity contribution in [2.75, 3.05) is 12.4 Å². The fourth-order valence-corrected chi connectivity index (χ4v) is 3.86. The van der Waals surface area contributed by atoms with Gasteiger partial charge in [-0.05, 0) is 39.8 Å². The Bertz CT molecular complexity index is 1390. The first-order chi connectivity index (χ1) is 14.5. The molecular formula is C21H21N7O2. The highest BCUT2D eigenvalue weighted by Gasteiger charge is 2.20. The van der Waals surface area contributed by atoms with Crippen LogP contribution in [0.15, 0.2) is 22.9 Å². The molecule has 0 bridgehead atoms. The Balaban J connectivity index is 1.78. The first kappa shape index (κ1) is 18.2. The second kappa shape index (κ2) is 6.58. The molecule has 0 aliphatic heterocycles. The van der Waals surface area contributed by atoms with Gasteiger partial charge in [0.25, 0.3) is 0 Å². The first-order valence-corrected chi connectivity index (χ1v) is 9.54. The maximum atomic E-state index is 5.73. The minimum absolute atomic E-state index is 0.663. The van der Waals surface area contributed by atoms with Crippen molar-refractivity contribution in [2.45, 2.75) is 27.7 Å². The van der Waals surface area contributed by atoms with Crippen LogP contribution in [0.4, 0.5) is 11.5 Å². The topological polar surface area (TPSA) is 118 Å². The van der Waals surface area contributed by atoms with E-state index >= 15 is 0 Å². The number of aromatic amines is 2. The van der Waals surface area contributed by atoms with Crippen LogP contribution in [0.1, 0.15) is 23.0 Å². The Kier molecular flexibility index (Phi) is 3.99. The monoisotopic (exact) mass is 403 g/mol. The Morgan fingerprint density at radius 2 is 1.93 bits per heavy atom. The van der Waals surface area contributed by atoms with Gasteiger partial charge in [-0.2, -0.15) is 5.10 Å². The number of hydrogen-bond acceptors (Lipinski definition) is 7. The van der Waals surface area contributed by atoms with E-state index in [1.807, 2.05) is 39.8 Å². The fourth-order valence-electron chi connectivity index (χ4n) is 3.86. The van der Waals surface area contributed by atoms with Gasteiger partial charge in [0.05, 0.1) is 41.3 Å². The van der Waals surface area contributed by atoms with E-state index in [1.165, 1.54) is 0 Å². The Hall–Kier alpha value is -3.88. The van der Waals surface area contributed by atoms with E-state index < -0.39 is 0 Å². The van der Waals surface area contributed by atoms with Crippen LogP contribution in [0.25, 0.3) is 33.1 Å². The van der Waals surface area contributed by atoms with Gasteiger partial charge in [0.1, 0.15) is 28.8 Å². The summed E-state index contributed by atoms with van der Waals surface area (Å²) in [4.78, 5) is 12.7. The minimum Gasteiger partial charge on any atom is -0.496 e. The Morgan fingerprint density at radius 1 is 1.10 bits per heavy atom. The number of H-pyrrole nitrogens is 2. The van der Waals surface area contributed by atoms with Crippen LogP contribution in [-0.4, -0.2) is 37.4 Å². The van der Waals surface area contributed by atoms with Gasteiger partial charge in [0.2, 0.25) is 0 Å². The van der Waals surface area contributed by atoms with Gasteiger partial charge >= 0.3 is 0 Å². The van der Waals surface area contributed by atoms with E-state index in [4.69, 9.17) is 9.26 Å². The summed E-state index contributed by atoms with van der Waals surface area (Å²) in [6.45, 7) is 7.64. The lowest BCUT2D eigenvalue weighted by Gasteiger charge is -2.10. The molecule has 3 N–H and O–H groups in total. The molecule has 0 amide bonds. The minimum atomic E-state index is 0.663. The molecule has 0 saturated heterocycles. The van der Waals surface area contributed by atoms with Crippen molar-refractivity contribution in [3.05, 3.63) is 41.3 Å². The zero-order chi connectivity index (χ0) is 21.0. The zero-order valence-electron chi connectivity index (χ0n) is 17.3. The molecule has 9 nitrogen and oxygen atoms in total. The number of nitrogens with one attached hydrogen (secondary N) is 3. The van der Waals surface area contributed by atoms with Crippen LogP contribution in [0.5, 0.6) is 5.75 Å². The van der Waals surface area contributed by atoms with Crippen molar-refractivity contribution < 1.29 is 9.26 Å². The Morgan fingerprint density at radius 3 is 2.60 bits per heavy atom. The highest BCUT2D eigenvalue weighted by atomic mass is 16.5. The average molecular weight is 403 g/mol. The number of fused-ring (bicyclic) bond motifs is 3. The van der Waals surface area contributed by atoms with E-state index in [0.717, 1.165) is 61.6 Å². The number of benzene rings is 1. The van der Waals surface area contributed by atoms with E-state index in [1.54, 1.807) is 13.3 Å². The van der Waals surface area contributed by atoms with Crippen LogP contribution in [0, 0.1) is 27.7 Å². The summed E-state index contributed by atoms with van der Waals surface area (Å²) in [7, 11) is 1.66. The van der Waals surface area contributed by atoms with Gasteiger partial charge in [-0.3, -0.25) is 5.10 Å². The van der Waals surface area contributed by atoms with Gasteiger partial charge in [-0.1, -0.05) is 5.16 Å². The number of nitrogens with zero attached hydrogens (tertiary/aromatic N) is 4. The molecule has 9 heteroatoms. The largest absolute Gasteiger partial charge is 0.496 e. The predicted molar refractivity (Wildman–Crippen MR) is 114 cm³/mol. The van der Waals surface area contributed by atoms with E-state index in [2.05, 4.69) is 35.6 Å². The normalized spacial score (nSPS) is 11.5. The molecule has 4 heterocycles. The fraction of sp³-hybridized carbons (Fsp3) is 0.238. The van der Waals surface area contributed by atoms with Crippen LogP contribution in [0.2, 0.25) is 0 Å². The molecule has 0 spiro atoms. The van der Waals surface area contributed by atoms with Gasteiger partial charge < -0.3 is 19.6 Å². The third-order valence-electron chi connectivity index (χ3n) is 5.27. The molecule has 0 unspecified atom stereocenters. The molecule has 0 radical (unpaired) electrons. The van der Waals surface area contributed by atoms with Crippen LogP contribution < -0.4 is 10.1 Å². The van der Waals surface area contributed by atoms with E-state index in [9.17, 15) is 0 Å². The number of ether oxygens (including phenoxy) is 1. The smallest absolute Gasteiger partial charge is 0.144 e. The Labute approximate surface area is 171 Å². The number of methoxy groups -OCH3 is 1. The molecular weight excluding hydrogens is 382 g/mol. The SMILES string of the molecule is COc1cc2c(cc1-c1c(C)noc1C)[nH]c1nc(C)nc(Nc3cn[nH]c3C)c12. The van der Waals surface area contributed by atoms with Gasteiger partial charge in [0.15, 0.2) is 0 Å². The summed E-state index contributed by atoms with van der Waals surface area (Å²) in [5, 5.41) is 16.3. The van der Waals surface area contributed by atoms with Gasteiger partial charge in [-0.25, -0.2) is 9.97 Å². The number of aromatic nitrogens is 6. The third kappa shape index (κ3) is 2.70. The molecule has 0 fully saturated rings. The molecule has 4 aromatic heterocycles. The molecule has 0 aliphatic carbocycles. The molecule has 0 atom stereocenters. The second-order valence-corrected chi connectivity index (χ2v) is 7.30. The summed E-state index contributed by atoms with van der Waals surface area (Å²) in [5.41, 5.74) is 6.13. The summed E-state index contributed by atoms with van der Waals surface area (Å²) >= 11 is 0. The molecule has 152 valence electrons. The lowest BCUT2D eigenvalue weighted by molar-refractivity contribution is 0.393. The summed E-state index contributed by atoms with van der Waals surface area (Å²) < 4.78 is 11.1. The predicted octanol–water partition coefficient (Wildman–Crippen LogP) is 4.48. The first-order valence-electron chi connectivity index (χ1n) is 9.54. The molecule has 5 rings (SSSR count). The zero-order valence-corrected chi connectivity index (χ0v) is 17.3. The van der Waals surface area contributed by atoms with Gasteiger partial charge in [-0.15, -0.1) is 0 Å². The highest BCUT2D eigenvalue weighted by Crippen LogP contribution is 2.41. The molecule has 0 aliphatic rings. The molecule has 0 saturated carbocycles. The molecule has 1 aromatic carbocycles. The van der Waals surface area contributed by atoms with Crippen molar-refractivity contribution >= 4 is 33.4 Å². The lowest BCUT2D eigenvalue weighted by atomic mass is 10.0. The van der Waals surface area contributed by atoms with E-state index in [0.29, 0.717) is 11.6 Å². The lowest BCUT2D eigenvalue weighted by Crippen LogP contribution is -1.98.